The van der Waals surface area contributed by atoms with Crippen LogP contribution in [0, 0.1) is 0 Å². The molecule has 0 aromatic heterocycles. The third kappa shape index (κ3) is 2.57. The Morgan fingerprint density at radius 1 is 1.17 bits per heavy atom. The van der Waals surface area contributed by atoms with Gasteiger partial charge >= 0.3 is 6.18 Å². The van der Waals surface area contributed by atoms with Crippen molar-refractivity contribution in [1.82, 2.24) is 0 Å². The van der Waals surface area contributed by atoms with Crippen molar-refractivity contribution < 1.29 is 18.0 Å². The second-order valence-corrected chi connectivity index (χ2v) is 4.84. The highest BCUT2D eigenvalue weighted by molar-refractivity contribution is 5.91. The molecule has 4 heteroatoms. The Morgan fingerprint density at radius 3 is 2.22 bits per heavy atom. The van der Waals surface area contributed by atoms with Crippen LogP contribution in [0.4, 0.5) is 13.2 Å². The summed E-state index contributed by atoms with van der Waals surface area (Å²) < 4.78 is 36.5. The molecule has 1 fully saturated rings. The summed E-state index contributed by atoms with van der Waals surface area (Å²) in [6, 6.07) is 9.17. The molecule has 1 aliphatic carbocycles. The van der Waals surface area contributed by atoms with Gasteiger partial charge in [-0.2, -0.15) is 13.2 Å². The highest BCUT2D eigenvalue weighted by Crippen LogP contribution is 2.45. The van der Waals surface area contributed by atoms with E-state index < -0.39 is 24.4 Å². The van der Waals surface area contributed by atoms with Gasteiger partial charge < -0.3 is 0 Å². The number of benzene rings is 1. The molecule has 1 saturated carbocycles. The summed E-state index contributed by atoms with van der Waals surface area (Å²) in [7, 11) is 0. The van der Waals surface area contributed by atoms with Gasteiger partial charge in [-0.05, 0) is 18.4 Å². The molecule has 1 aromatic rings. The second-order valence-electron chi connectivity index (χ2n) is 4.84. The molecule has 0 N–H and O–H groups in total. The van der Waals surface area contributed by atoms with Crippen molar-refractivity contribution in [2.45, 2.75) is 43.7 Å². The second kappa shape index (κ2) is 4.75. The zero-order valence-corrected chi connectivity index (χ0v) is 9.96. The number of carbonyl (C=O) groups is 1. The Hall–Kier alpha value is -1.32. The molecular formula is C14H15F3O. The van der Waals surface area contributed by atoms with E-state index in [1.807, 2.05) is 30.3 Å². The molecule has 1 aromatic carbocycles. The van der Waals surface area contributed by atoms with Gasteiger partial charge in [0.05, 0.1) is 11.8 Å². The van der Waals surface area contributed by atoms with Gasteiger partial charge in [0.15, 0.2) is 0 Å². The third-order valence-corrected chi connectivity index (χ3v) is 3.70. The molecule has 0 radical (unpaired) electrons. The minimum absolute atomic E-state index is 0.266. The van der Waals surface area contributed by atoms with Gasteiger partial charge in [0.25, 0.3) is 0 Å². The highest BCUT2D eigenvalue weighted by atomic mass is 19.4. The summed E-state index contributed by atoms with van der Waals surface area (Å²) >= 11 is 0. The predicted octanol–water partition coefficient (Wildman–Crippen LogP) is 4.02. The van der Waals surface area contributed by atoms with Crippen LogP contribution in [0.3, 0.4) is 0 Å². The molecule has 0 amide bonds. The van der Waals surface area contributed by atoms with E-state index in [1.165, 1.54) is 0 Å². The number of alkyl halides is 3. The monoisotopic (exact) mass is 256 g/mol. The molecule has 98 valence electrons. The fourth-order valence-electron chi connectivity index (χ4n) is 2.51. The summed E-state index contributed by atoms with van der Waals surface area (Å²) in [5, 5.41) is 0. The molecule has 0 bridgehead atoms. The van der Waals surface area contributed by atoms with Crippen LogP contribution in [0.25, 0.3) is 0 Å². The number of ketones is 1. The van der Waals surface area contributed by atoms with Crippen LogP contribution >= 0.6 is 0 Å². The molecule has 18 heavy (non-hydrogen) atoms. The first-order valence-electron chi connectivity index (χ1n) is 6.10. The van der Waals surface area contributed by atoms with Crippen molar-refractivity contribution in [1.29, 1.82) is 0 Å². The van der Waals surface area contributed by atoms with Crippen LogP contribution in [0.5, 0.6) is 0 Å². The van der Waals surface area contributed by atoms with E-state index in [2.05, 4.69) is 0 Å². The molecule has 0 saturated heterocycles. The summed E-state index contributed by atoms with van der Waals surface area (Å²) in [5.41, 5.74) is 0.218. The zero-order chi connectivity index (χ0) is 13.2. The molecule has 0 heterocycles. The lowest BCUT2D eigenvalue weighted by Gasteiger charge is -2.41. The Balaban J connectivity index is 2.11. The lowest BCUT2D eigenvalue weighted by molar-refractivity contribution is -0.147. The maximum absolute atomic E-state index is 12.2. The summed E-state index contributed by atoms with van der Waals surface area (Å²) in [6.07, 6.45) is -3.41. The topological polar surface area (TPSA) is 17.1 Å². The van der Waals surface area contributed by atoms with Crippen LogP contribution in [0.2, 0.25) is 0 Å². The van der Waals surface area contributed by atoms with Gasteiger partial charge in [-0.25, -0.2) is 0 Å². The SMILES string of the molecule is O=C(CCC(F)(F)F)C1(c2ccccc2)CCC1. The number of halogens is 3. The molecule has 2 rings (SSSR count). The van der Waals surface area contributed by atoms with Crippen molar-refractivity contribution in [3.05, 3.63) is 35.9 Å². The van der Waals surface area contributed by atoms with Gasteiger partial charge in [0, 0.05) is 6.42 Å². The summed E-state index contributed by atoms with van der Waals surface area (Å²) in [4.78, 5) is 12.1. The van der Waals surface area contributed by atoms with Crippen LogP contribution < -0.4 is 0 Å². The minimum atomic E-state index is -4.25. The van der Waals surface area contributed by atoms with E-state index in [-0.39, 0.29) is 5.78 Å². The first-order valence-corrected chi connectivity index (χ1v) is 6.10. The van der Waals surface area contributed by atoms with E-state index in [4.69, 9.17) is 0 Å². The zero-order valence-electron chi connectivity index (χ0n) is 9.96. The van der Waals surface area contributed by atoms with Crippen molar-refractivity contribution in [3.8, 4) is 0 Å². The van der Waals surface area contributed by atoms with E-state index >= 15 is 0 Å². The van der Waals surface area contributed by atoms with Gasteiger partial charge in [0.1, 0.15) is 5.78 Å². The third-order valence-electron chi connectivity index (χ3n) is 3.70. The van der Waals surface area contributed by atoms with Crippen molar-refractivity contribution in [2.24, 2.45) is 0 Å². The maximum atomic E-state index is 12.2. The van der Waals surface area contributed by atoms with E-state index in [0.29, 0.717) is 12.8 Å². The smallest absolute Gasteiger partial charge is 0.299 e. The normalized spacial score (nSPS) is 18.2. The molecule has 0 spiro atoms. The predicted molar refractivity (Wildman–Crippen MR) is 62.3 cm³/mol. The lowest BCUT2D eigenvalue weighted by Crippen LogP contribution is -2.42. The average molecular weight is 256 g/mol. The summed E-state index contributed by atoms with van der Waals surface area (Å²) in [5.74, 6) is -0.266. The Labute approximate surface area is 104 Å². The van der Waals surface area contributed by atoms with Gasteiger partial charge in [0.2, 0.25) is 0 Å². The number of Topliss-reactive ketones (excluding diaryl/α,β-unsaturated/α-hetero) is 1. The quantitative estimate of drug-likeness (QED) is 0.795. The van der Waals surface area contributed by atoms with E-state index in [0.717, 1.165) is 12.0 Å². The number of rotatable bonds is 4. The molecular weight excluding hydrogens is 241 g/mol. The fourth-order valence-corrected chi connectivity index (χ4v) is 2.51. The van der Waals surface area contributed by atoms with Gasteiger partial charge in [-0.1, -0.05) is 36.8 Å². The first kappa shape index (κ1) is 13.1. The van der Waals surface area contributed by atoms with Gasteiger partial charge in [-0.15, -0.1) is 0 Å². The fraction of sp³-hybridized carbons (Fsp3) is 0.500. The Bertz CT molecular complexity index is 418. The van der Waals surface area contributed by atoms with Crippen LogP contribution in [0.1, 0.15) is 37.7 Å². The molecule has 1 nitrogen and oxygen atoms in total. The lowest BCUT2D eigenvalue weighted by atomic mass is 9.61. The van der Waals surface area contributed by atoms with Crippen molar-refractivity contribution in [3.63, 3.8) is 0 Å². The number of hydrogen-bond donors (Lipinski definition) is 0. The van der Waals surface area contributed by atoms with E-state index in [1.54, 1.807) is 0 Å². The summed E-state index contributed by atoms with van der Waals surface area (Å²) in [6.45, 7) is 0. The molecule has 0 aliphatic heterocycles. The Morgan fingerprint density at radius 2 is 1.78 bits per heavy atom. The van der Waals surface area contributed by atoms with Crippen LogP contribution in [-0.4, -0.2) is 12.0 Å². The van der Waals surface area contributed by atoms with Crippen molar-refractivity contribution in [2.75, 3.05) is 0 Å². The average Bonchev–Trinajstić information content (AvgIpc) is 2.25. The minimum Gasteiger partial charge on any atom is -0.299 e. The molecule has 0 unspecified atom stereocenters. The number of carbonyl (C=O) groups excluding carboxylic acids is 1. The van der Waals surface area contributed by atoms with Crippen LogP contribution in [-0.2, 0) is 10.2 Å². The number of hydrogen-bond acceptors (Lipinski definition) is 1. The first-order chi connectivity index (χ1) is 8.44. The largest absolute Gasteiger partial charge is 0.389 e. The van der Waals surface area contributed by atoms with Crippen molar-refractivity contribution >= 4 is 5.78 Å². The molecule has 1 aliphatic rings. The highest BCUT2D eigenvalue weighted by Gasteiger charge is 2.45. The standard InChI is InChI=1S/C14H15F3O/c15-14(16,17)10-7-12(18)13(8-4-9-13)11-5-2-1-3-6-11/h1-3,5-6H,4,7-10H2. The van der Waals surface area contributed by atoms with E-state index in [9.17, 15) is 18.0 Å². The van der Waals surface area contributed by atoms with Crippen LogP contribution in [0.15, 0.2) is 30.3 Å². The molecule has 0 atom stereocenters. The maximum Gasteiger partial charge on any atom is 0.389 e. The Kier molecular flexibility index (Phi) is 3.46. The van der Waals surface area contributed by atoms with Gasteiger partial charge in [-0.3, -0.25) is 4.79 Å².